The van der Waals surface area contributed by atoms with Crippen LogP contribution in [0.25, 0.3) is 0 Å². The molecule has 2 N–H and O–H groups in total. The number of ether oxygens (including phenoxy) is 1. The van der Waals surface area contributed by atoms with Crippen molar-refractivity contribution in [2.24, 2.45) is 0 Å². The molecule has 0 aliphatic carbocycles. The maximum Gasteiger partial charge on any atom is 0.252 e. The van der Waals surface area contributed by atoms with E-state index in [1.54, 1.807) is 14.0 Å². The average Bonchev–Trinajstić information content (AvgIpc) is 2.37. The van der Waals surface area contributed by atoms with Crippen LogP contribution >= 0.6 is 11.6 Å². The van der Waals surface area contributed by atoms with Gasteiger partial charge in [-0.15, -0.1) is 0 Å². The van der Waals surface area contributed by atoms with E-state index < -0.39 is 5.82 Å². The predicted octanol–water partition coefficient (Wildman–Crippen LogP) is 1.75. The van der Waals surface area contributed by atoms with Crippen molar-refractivity contribution in [1.29, 1.82) is 0 Å². The third-order valence-corrected chi connectivity index (χ3v) is 2.88. The van der Waals surface area contributed by atoms with Gasteiger partial charge in [0, 0.05) is 26.7 Å². The normalized spacial score (nSPS) is 10.5. The summed E-state index contributed by atoms with van der Waals surface area (Å²) >= 11 is 5.84. The molecule has 4 nitrogen and oxygen atoms in total. The topological polar surface area (TPSA) is 50.4 Å². The lowest BCUT2D eigenvalue weighted by Gasteiger charge is -2.09. The fraction of sp³-hybridized carbons (Fsp3) is 0.462. The maximum atomic E-state index is 13.2. The van der Waals surface area contributed by atoms with E-state index in [1.807, 2.05) is 0 Å². The van der Waals surface area contributed by atoms with Gasteiger partial charge in [0.2, 0.25) is 0 Å². The Morgan fingerprint density at radius 3 is 2.79 bits per heavy atom. The highest BCUT2D eigenvalue weighted by Gasteiger charge is 2.12. The average molecular weight is 289 g/mol. The highest BCUT2D eigenvalue weighted by Crippen LogP contribution is 2.20. The number of hydrogen-bond acceptors (Lipinski definition) is 3. The molecule has 1 amide bonds. The van der Waals surface area contributed by atoms with Gasteiger partial charge in [-0.25, -0.2) is 4.39 Å². The van der Waals surface area contributed by atoms with E-state index in [0.717, 1.165) is 12.6 Å². The van der Waals surface area contributed by atoms with Gasteiger partial charge in [-0.3, -0.25) is 4.79 Å². The summed E-state index contributed by atoms with van der Waals surface area (Å²) in [5.74, 6) is -0.718. The molecule has 0 aliphatic heterocycles. The van der Waals surface area contributed by atoms with Crippen LogP contribution in [0.1, 0.15) is 15.9 Å². The van der Waals surface area contributed by atoms with E-state index in [1.165, 1.54) is 6.07 Å². The molecule has 1 aromatic rings. The van der Waals surface area contributed by atoms with E-state index >= 15 is 0 Å². The molecular formula is C13H18ClFN2O2. The number of halogens is 2. The van der Waals surface area contributed by atoms with Gasteiger partial charge in [-0.05, 0) is 24.6 Å². The summed E-state index contributed by atoms with van der Waals surface area (Å²) in [7, 11) is 1.63. The zero-order chi connectivity index (χ0) is 14.3. The van der Waals surface area contributed by atoms with Gasteiger partial charge in [0.05, 0.1) is 17.2 Å². The van der Waals surface area contributed by atoms with Crippen LogP contribution in [0.5, 0.6) is 0 Å². The molecule has 1 aromatic carbocycles. The number of carbonyl (C=O) groups excluding carboxylic acids is 1. The number of hydrogen-bond donors (Lipinski definition) is 2. The van der Waals surface area contributed by atoms with Crippen LogP contribution < -0.4 is 10.6 Å². The van der Waals surface area contributed by atoms with Crippen LogP contribution in [0.3, 0.4) is 0 Å². The van der Waals surface area contributed by atoms with Crippen LogP contribution in [0.2, 0.25) is 5.02 Å². The summed E-state index contributed by atoms with van der Waals surface area (Å²) in [4.78, 5) is 11.8. The minimum Gasteiger partial charge on any atom is -0.383 e. The first-order valence-electron chi connectivity index (χ1n) is 5.99. The second-order valence-electron chi connectivity index (χ2n) is 4.08. The smallest absolute Gasteiger partial charge is 0.252 e. The van der Waals surface area contributed by atoms with Crippen molar-refractivity contribution < 1.29 is 13.9 Å². The van der Waals surface area contributed by atoms with Crippen molar-refractivity contribution in [2.45, 2.75) is 6.92 Å². The monoisotopic (exact) mass is 288 g/mol. The summed E-state index contributed by atoms with van der Waals surface area (Å²) < 4.78 is 18.1. The minimum absolute atomic E-state index is 0.118. The summed E-state index contributed by atoms with van der Waals surface area (Å²) in [6, 6.07) is 2.61. The Hall–Kier alpha value is -1.17. The van der Waals surface area contributed by atoms with Crippen LogP contribution in [0, 0.1) is 12.7 Å². The Morgan fingerprint density at radius 2 is 2.11 bits per heavy atom. The Balaban J connectivity index is 2.43. The van der Waals surface area contributed by atoms with Crippen LogP contribution in [0.4, 0.5) is 4.39 Å². The van der Waals surface area contributed by atoms with Crippen molar-refractivity contribution in [3.8, 4) is 0 Å². The second kappa shape index (κ2) is 8.09. The molecule has 0 atom stereocenters. The van der Waals surface area contributed by atoms with Crippen LogP contribution in [-0.4, -0.2) is 39.3 Å². The molecule has 0 bridgehead atoms. The van der Waals surface area contributed by atoms with Gasteiger partial charge in [0.15, 0.2) is 0 Å². The molecular weight excluding hydrogens is 271 g/mol. The lowest BCUT2D eigenvalue weighted by molar-refractivity contribution is 0.0953. The predicted molar refractivity (Wildman–Crippen MR) is 73.2 cm³/mol. The number of benzene rings is 1. The van der Waals surface area contributed by atoms with Crippen molar-refractivity contribution in [3.63, 3.8) is 0 Å². The van der Waals surface area contributed by atoms with Crippen LogP contribution in [-0.2, 0) is 4.74 Å². The fourth-order valence-corrected chi connectivity index (χ4v) is 1.73. The fourth-order valence-electron chi connectivity index (χ4n) is 1.49. The third-order valence-electron chi connectivity index (χ3n) is 2.56. The summed E-state index contributed by atoms with van der Waals surface area (Å²) in [6.45, 7) is 4.04. The largest absolute Gasteiger partial charge is 0.383 e. The van der Waals surface area contributed by atoms with Crippen molar-refractivity contribution in [2.75, 3.05) is 33.4 Å². The van der Waals surface area contributed by atoms with Gasteiger partial charge in [0.1, 0.15) is 5.82 Å². The van der Waals surface area contributed by atoms with Gasteiger partial charge < -0.3 is 15.4 Å². The minimum atomic E-state index is -0.414. The molecule has 0 aromatic heterocycles. The zero-order valence-corrected chi connectivity index (χ0v) is 11.8. The Morgan fingerprint density at radius 1 is 1.37 bits per heavy atom. The number of aryl methyl sites for hydroxylation is 1. The van der Waals surface area contributed by atoms with Crippen molar-refractivity contribution in [1.82, 2.24) is 10.6 Å². The molecule has 0 saturated carbocycles. The number of amides is 1. The van der Waals surface area contributed by atoms with Crippen molar-refractivity contribution in [3.05, 3.63) is 34.1 Å². The van der Waals surface area contributed by atoms with E-state index in [4.69, 9.17) is 16.3 Å². The lowest BCUT2D eigenvalue weighted by Crippen LogP contribution is -2.33. The van der Waals surface area contributed by atoms with Gasteiger partial charge in [0.25, 0.3) is 5.91 Å². The number of methoxy groups -OCH3 is 1. The van der Waals surface area contributed by atoms with E-state index in [9.17, 15) is 9.18 Å². The van der Waals surface area contributed by atoms with Gasteiger partial charge in [-0.1, -0.05) is 11.6 Å². The number of nitrogens with one attached hydrogen (secondary N) is 2. The Kier molecular flexibility index (Phi) is 6.77. The zero-order valence-electron chi connectivity index (χ0n) is 11.1. The standard InChI is InChI=1S/C13H18ClFN2O2/c1-9-7-10(11(14)8-12(9)15)13(18)17-4-3-16-5-6-19-2/h7-8,16H,3-6H2,1-2H3,(H,17,18). The highest BCUT2D eigenvalue weighted by molar-refractivity contribution is 6.33. The SMILES string of the molecule is COCCNCCNC(=O)c1cc(C)c(F)cc1Cl. The van der Waals surface area contributed by atoms with Crippen molar-refractivity contribution >= 4 is 17.5 Å². The molecule has 106 valence electrons. The van der Waals surface area contributed by atoms with E-state index in [0.29, 0.717) is 25.3 Å². The number of carbonyl (C=O) groups is 1. The van der Waals surface area contributed by atoms with E-state index in [2.05, 4.69) is 10.6 Å². The molecule has 1 rings (SSSR count). The Labute approximate surface area is 117 Å². The van der Waals surface area contributed by atoms with Gasteiger partial charge >= 0.3 is 0 Å². The molecule has 0 spiro atoms. The molecule has 0 aliphatic rings. The molecule has 0 unspecified atom stereocenters. The molecule has 0 heterocycles. The summed E-state index contributed by atoms with van der Waals surface area (Å²) in [5, 5.41) is 5.93. The summed E-state index contributed by atoms with van der Waals surface area (Å²) in [6.07, 6.45) is 0. The molecule has 19 heavy (non-hydrogen) atoms. The quantitative estimate of drug-likeness (QED) is 0.752. The summed E-state index contributed by atoms with van der Waals surface area (Å²) in [5.41, 5.74) is 0.685. The lowest BCUT2D eigenvalue weighted by atomic mass is 10.1. The van der Waals surface area contributed by atoms with E-state index in [-0.39, 0.29) is 16.5 Å². The molecule has 0 radical (unpaired) electrons. The van der Waals surface area contributed by atoms with Crippen LogP contribution in [0.15, 0.2) is 12.1 Å². The molecule has 0 fully saturated rings. The third kappa shape index (κ3) is 5.14. The molecule has 0 saturated heterocycles. The first-order chi connectivity index (χ1) is 9.06. The molecule has 6 heteroatoms. The Bertz CT molecular complexity index is 441. The second-order valence-corrected chi connectivity index (χ2v) is 4.49. The van der Waals surface area contributed by atoms with Gasteiger partial charge in [-0.2, -0.15) is 0 Å². The first-order valence-corrected chi connectivity index (χ1v) is 6.37. The maximum absolute atomic E-state index is 13.2. The highest BCUT2D eigenvalue weighted by atomic mass is 35.5. The number of rotatable bonds is 7. The first kappa shape index (κ1) is 15.9.